The highest BCUT2D eigenvalue weighted by Crippen LogP contribution is 2.27. The molecule has 198 valence electrons. The number of allylic oxidation sites excluding steroid dienone is 1. The van der Waals surface area contributed by atoms with E-state index in [0.717, 1.165) is 15.4 Å². The fourth-order valence-corrected chi connectivity index (χ4v) is 3.63. The van der Waals surface area contributed by atoms with Crippen LogP contribution in [-0.2, 0) is 4.74 Å². The molecule has 0 unspecified atom stereocenters. The number of methoxy groups -OCH3 is 1. The standard InChI is InChI=1S/C15H14BrN3O.C7H14O.C3H8.2C2H6/c1-3-18-8-9(2)13-7-11(15(17)20)10-5-4-6-12(16)14(10)19-13;1-8-7-5-3-2-4-6-7;1-3-2;2*1-2/h3-8H,1-2H3,(H2,17,20);7H,2-6H2,1H3;3H2,1-2H3;2*1-2H3/b9-8+,18-3?;;;;. The average molecular weight is 551 g/mol. The van der Waals surface area contributed by atoms with Crippen molar-refractivity contribution in [3.05, 3.63) is 46.2 Å². The fourth-order valence-electron chi connectivity index (χ4n) is 3.17. The largest absolute Gasteiger partial charge is 0.381 e. The van der Waals surface area contributed by atoms with Crippen LogP contribution in [-0.4, -0.2) is 30.3 Å². The summed E-state index contributed by atoms with van der Waals surface area (Å²) in [7, 11) is 1.82. The molecule has 0 bridgehead atoms. The number of amides is 1. The van der Waals surface area contributed by atoms with Crippen LogP contribution >= 0.6 is 15.9 Å². The third kappa shape index (κ3) is 13.6. The zero-order chi connectivity index (χ0) is 27.2. The highest BCUT2D eigenvalue weighted by molar-refractivity contribution is 9.10. The number of carbonyl (C=O) groups is 1. The molecule has 1 amide bonds. The van der Waals surface area contributed by atoms with Crippen molar-refractivity contribution >= 4 is 44.5 Å². The highest BCUT2D eigenvalue weighted by Gasteiger charge is 2.13. The molecule has 0 atom stereocenters. The molecule has 0 saturated heterocycles. The Hall–Kier alpha value is -2.05. The van der Waals surface area contributed by atoms with Gasteiger partial charge in [0.25, 0.3) is 0 Å². The molecule has 5 nitrogen and oxygen atoms in total. The first-order chi connectivity index (χ1) is 16.9. The van der Waals surface area contributed by atoms with Gasteiger partial charge in [-0.05, 0) is 60.3 Å². The molecule has 0 radical (unpaired) electrons. The van der Waals surface area contributed by atoms with Crippen molar-refractivity contribution < 1.29 is 9.53 Å². The van der Waals surface area contributed by atoms with Gasteiger partial charge < -0.3 is 10.5 Å². The molecule has 0 aliphatic heterocycles. The molecule has 1 aliphatic rings. The number of aromatic nitrogens is 1. The summed E-state index contributed by atoms with van der Waals surface area (Å²) in [6.07, 6.45) is 12.0. The Morgan fingerprint density at radius 2 is 1.74 bits per heavy atom. The molecule has 3 rings (SSSR count). The second-order valence-corrected chi connectivity index (χ2v) is 8.33. The number of rotatable bonds is 4. The quantitative estimate of drug-likeness (QED) is 0.386. The molecule has 2 N–H and O–H groups in total. The lowest BCUT2D eigenvalue weighted by atomic mass is 9.98. The summed E-state index contributed by atoms with van der Waals surface area (Å²) in [5.41, 5.74) is 8.19. The second-order valence-electron chi connectivity index (χ2n) is 7.48. The minimum atomic E-state index is -0.469. The Morgan fingerprint density at radius 3 is 2.20 bits per heavy atom. The van der Waals surface area contributed by atoms with E-state index in [2.05, 4.69) is 39.8 Å². The minimum absolute atomic E-state index is 0.458. The van der Waals surface area contributed by atoms with Gasteiger partial charge >= 0.3 is 0 Å². The van der Waals surface area contributed by atoms with Gasteiger partial charge in [-0.15, -0.1) is 0 Å². The maximum atomic E-state index is 11.6. The van der Waals surface area contributed by atoms with Gasteiger partial charge in [-0.2, -0.15) is 0 Å². The van der Waals surface area contributed by atoms with E-state index < -0.39 is 5.91 Å². The van der Waals surface area contributed by atoms with Crippen LogP contribution in [0.1, 0.15) is 110 Å². The molecule has 35 heavy (non-hydrogen) atoms. The smallest absolute Gasteiger partial charge is 0.249 e. The van der Waals surface area contributed by atoms with E-state index in [9.17, 15) is 4.79 Å². The molecular weight excluding hydrogens is 502 g/mol. The Kier molecular flexibility index (Phi) is 22.5. The molecule has 1 heterocycles. The minimum Gasteiger partial charge on any atom is -0.381 e. The topological polar surface area (TPSA) is 77.6 Å². The number of benzene rings is 1. The normalized spacial score (nSPS) is 13.3. The number of pyridine rings is 1. The van der Waals surface area contributed by atoms with E-state index in [0.29, 0.717) is 22.9 Å². The lowest BCUT2D eigenvalue weighted by molar-refractivity contribution is 0.0710. The Balaban J connectivity index is 0. The SMILES string of the molecule is CC.CC.CC=N/C=C(\C)c1cc(C(N)=O)c2cccc(Br)c2n1.CCC.COC1CCCCC1. The molecule has 2 aromatic rings. The van der Waals surface area contributed by atoms with Gasteiger partial charge in [0.15, 0.2) is 0 Å². The summed E-state index contributed by atoms with van der Waals surface area (Å²) in [5, 5.41) is 0.738. The summed E-state index contributed by atoms with van der Waals surface area (Å²) in [6, 6.07) is 7.27. The van der Waals surface area contributed by atoms with Crippen LogP contribution in [0.4, 0.5) is 0 Å². The number of nitrogens with two attached hydrogens (primary N) is 1. The average Bonchev–Trinajstić information content (AvgIpc) is 2.90. The van der Waals surface area contributed by atoms with Gasteiger partial charge in [-0.1, -0.05) is 79.4 Å². The summed E-state index contributed by atoms with van der Waals surface area (Å²) in [5.74, 6) is -0.469. The van der Waals surface area contributed by atoms with Gasteiger partial charge in [0.2, 0.25) is 5.91 Å². The molecule has 1 aromatic carbocycles. The molecule has 6 heteroatoms. The van der Waals surface area contributed by atoms with Crippen LogP contribution in [0, 0.1) is 0 Å². The first kappa shape index (κ1) is 35.1. The first-order valence-electron chi connectivity index (χ1n) is 13.0. The third-order valence-electron chi connectivity index (χ3n) is 4.76. The molecule has 1 fully saturated rings. The van der Waals surface area contributed by atoms with E-state index in [1.54, 1.807) is 18.5 Å². The monoisotopic (exact) mass is 549 g/mol. The second kappa shape index (κ2) is 22.4. The van der Waals surface area contributed by atoms with Crippen molar-refractivity contribution in [1.29, 1.82) is 0 Å². The number of ether oxygens (including phenoxy) is 1. The number of nitrogens with zero attached hydrogens (tertiary/aromatic N) is 2. The molecule has 0 spiro atoms. The number of carbonyl (C=O) groups excluding carboxylic acids is 1. The van der Waals surface area contributed by atoms with Gasteiger partial charge in [0, 0.05) is 29.4 Å². The van der Waals surface area contributed by atoms with Crippen LogP contribution in [0.25, 0.3) is 16.5 Å². The predicted octanol–water partition coefficient (Wildman–Crippen LogP) is 8.98. The number of para-hydroxylation sites is 1. The third-order valence-corrected chi connectivity index (χ3v) is 5.40. The Morgan fingerprint density at radius 1 is 1.17 bits per heavy atom. The van der Waals surface area contributed by atoms with Crippen molar-refractivity contribution in [2.45, 2.75) is 100 Å². The van der Waals surface area contributed by atoms with Crippen LogP contribution in [0.5, 0.6) is 0 Å². The number of aliphatic imine (C=N–C) groups is 1. The number of hydrogen-bond acceptors (Lipinski definition) is 4. The van der Waals surface area contributed by atoms with Gasteiger partial charge in [0.1, 0.15) is 0 Å². The van der Waals surface area contributed by atoms with E-state index >= 15 is 0 Å². The van der Waals surface area contributed by atoms with Crippen molar-refractivity contribution in [3.8, 4) is 0 Å². The van der Waals surface area contributed by atoms with Crippen LogP contribution in [0.3, 0.4) is 0 Å². The van der Waals surface area contributed by atoms with E-state index in [1.807, 2.05) is 66.9 Å². The zero-order valence-corrected chi connectivity index (χ0v) is 25.0. The zero-order valence-electron chi connectivity index (χ0n) is 23.5. The van der Waals surface area contributed by atoms with E-state index in [1.165, 1.54) is 38.5 Å². The Bertz CT molecular complexity index is 889. The Labute approximate surface area is 222 Å². The first-order valence-corrected chi connectivity index (χ1v) is 13.8. The number of hydrogen-bond donors (Lipinski definition) is 1. The lowest BCUT2D eigenvalue weighted by Gasteiger charge is -2.19. The van der Waals surface area contributed by atoms with Crippen LogP contribution in [0.15, 0.2) is 39.9 Å². The van der Waals surface area contributed by atoms with E-state index in [-0.39, 0.29) is 0 Å². The van der Waals surface area contributed by atoms with Gasteiger partial charge in [0.05, 0.1) is 22.9 Å². The van der Waals surface area contributed by atoms with Crippen LogP contribution in [0.2, 0.25) is 0 Å². The molecular formula is C29H48BrN3O2. The van der Waals surface area contributed by atoms with E-state index in [4.69, 9.17) is 10.5 Å². The summed E-state index contributed by atoms with van der Waals surface area (Å²) >= 11 is 3.45. The van der Waals surface area contributed by atoms with Crippen molar-refractivity contribution in [2.75, 3.05) is 7.11 Å². The number of primary amides is 1. The van der Waals surface area contributed by atoms with Gasteiger partial charge in [-0.25, -0.2) is 4.98 Å². The molecule has 1 saturated carbocycles. The maximum absolute atomic E-state index is 11.6. The highest BCUT2D eigenvalue weighted by atomic mass is 79.9. The predicted molar refractivity (Wildman–Crippen MR) is 158 cm³/mol. The van der Waals surface area contributed by atoms with Gasteiger partial charge in [-0.3, -0.25) is 9.79 Å². The summed E-state index contributed by atoms with van der Waals surface area (Å²) in [6.45, 7) is 16.0. The van der Waals surface area contributed by atoms with Crippen molar-refractivity contribution in [1.82, 2.24) is 4.98 Å². The fraction of sp³-hybridized carbons (Fsp3) is 0.552. The lowest BCUT2D eigenvalue weighted by Crippen LogP contribution is -2.13. The number of fused-ring (bicyclic) bond motifs is 1. The van der Waals surface area contributed by atoms with Crippen molar-refractivity contribution in [3.63, 3.8) is 0 Å². The van der Waals surface area contributed by atoms with Crippen LogP contribution < -0.4 is 5.73 Å². The maximum Gasteiger partial charge on any atom is 0.249 e. The summed E-state index contributed by atoms with van der Waals surface area (Å²) in [4.78, 5) is 20.3. The summed E-state index contributed by atoms with van der Waals surface area (Å²) < 4.78 is 6.02. The number of halogens is 1. The molecule has 1 aliphatic carbocycles. The molecule has 1 aromatic heterocycles. The van der Waals surface area contributed by atoms with Crippen molar-refractivity contribution in [2.24, 2.45) is 10.7 Å².